The summed E-state index contributed by atoms with van der Waals surface area (Å²) < 4.78 is 21.4. The van der Waals surface area contributed by atoms with Crippen LogP contribution in [-0.2, 0) is 23.3 Å². The van der Waals surface area contributed by atoms with Crippen LogP contribution in [-0.4, -0.2) is 13.7 Å². The maximum absolute atomic E-state index is 10.7. The third kappa shape index (κ3) is 3.72. The normalized spacial score (nSPS) is 12.5. The largest absolute Gasteiger partial charge is 0.772 e. The number of hydrogen-bond acceptors (Lipinski definition) is 3. The summed E-state index contributed by atoms with van der Waals surface area (Å²) >= 11 is 10.7. The van der Waals surface area contributed by atoms with E-state index >= 15 is 0 Å². The van der Waals surface area contributed by atoms with Crippen LogP contribution < -0.4 is 0 Å². The van der Waals surface area contributed by atoms with Crippen LogP contribution in [0.5, 0.6) is 0 Å². The standard InChI is InChI=1S/C17H13Cl2NO2S/c18-16-13-3-1-2-4-15(13)20-17(19)14(16)9-11-5-7-12(8-6-11)10-23(21)22/h1-8H,9-10H2,(H,21,22)/p-1. The van der Waals surface area contributed by atoms with Crippen molar-refractivity contribution in [3.8, 4) is 0 Å². The summed E-state index contributed by atoms with van der Waals surface area (Å²) in [4.78, 5) is 4.39. The van der Waals surface area contributed by atoms with E-state index < -0.39 is 11.1 Å². The summed E-state index contributed by atoms with van der Waals surface area (Å²) in [6, 6.07) is 14.9. The van der Waals surface area contributed by atoms with E-state index in [1.54, 1.807) is 12.1 Å². The fraction of sp³-hybridized carbons (Fsp3) is 0.118. The van der Waals surface area contributed by atoms with E-state index in [1.165, 1.54) is 0 Å². The molecule has 0 aliphatic carbocycles. The highest BCUT2D eigenvalue weighted by Gasteiger charge is 2.12. The third-order valence-corrected chi connectivity index (χ3v) is 4.87. The molecule has 0 saturated carbocycles. The molecular formula is C17H12Cl2NO2S-. The van der Waals surface area contributed by atoms with E-state index in [1.807, 2.05) is 36.4 Å². The lowest BCUT2D eigenvalue weighted by Crippen LogP contribution is -1.97. The molecule has 2 aromatic carbocycles. The molecule has 0 aliphatic heterocycles. The Balaban J connectivity index is 1.93. The van der Waals surface area contributed by atoms with Crippen LogP contribution in [0.4, 0.5) is 0 Å². The van der Waals surface area contributed by atoms with Crippen LogP contribution >= 0.6 is 23.2 Å². The molecule has 0 fully saturated rings. The molecule has 0 aliphatic rings. The summed E-state index contributed by atoms with van der Waals surface area (Å²) in [7, 11) is 0. The molecule has 0 N–H and O–H groups in total. The lowest BCUT2D eigenvalue weighted by Gasteiger charge is -2.11. The smallest absolute Gasteiger partial charge is 0.134 e. The predicted molar refractivity (Wildman–Crippen MR) is 93.6 cm³/mol. The second-order valence-corrected chi connectivity index (χ2v) is 6.79. The Bertz CT molecular complexity index is 882. The molecule has 1 unspecified atom stereocenters. The molecule has 0 radical (unpaired) electrons. The molecule has 0 bridgehead atoms. The van der Waals surface area contributed by atoms with Gasteiger partial charge in [-0.1, -0.05) is 76.7 Å². The minimum absolute atomic E-state index is 0.0132. The van der Waals surface area contributed by atoms with Gasteiger partial charge in [0, 0.05) is 23.1 Å². The average Bonchev–Trinajstić information content (AvgIpc) is 2.52. The summed E-state index contributed by atoms with van der Waals surface area (Å²) in [5.74, 6) is 0.0132. The van der Waals surface area contributed by atoms with Crippen molar-refractivity contribution in [2.75, 3.05) is 0 Å². The summed E-state index contributed by atoms with van der Waals surface area (Å²) in [5, 5.41) is 1.86. The molecule has 0 amide bonds. The van der Waals surface area contributed by atoms with Gasteiger partial charge in [-0.25, -0.2) is 4.98 Å². The molecular weight excluding hydrogens is 353 g/mol. The molecule has 3 nitrogen and oxygen atoms in total. The van der Waals surface area contributed by atoms with Gasteiger partial charge in [-0.3, -0.25) is 4.21 Å². The van der Waals surface area contributed by atoms with Crippen LogP contribution in [0.1, 0.15) is 16.7 Å². The van der Waals surface area contributed by atoms with Gasteiger partial charge < -0.3 is 4.55 Å². The molecule has 0 saturated heterocycles. The summed E-state index contributed by atoms with van der Waals surface area (Å²) in [6.45, 7) is 0. The van der Waals surface area contributed by atoms with Gasteiger partial charge in [0.2, 0.25) is 0 Å². The Morgan fingerprint density at radius 2 is 1.65 bits per heavy atom. The molecule has 3 aromatic rings. The average molecular weight is 365 g/mol. The Kier molecular flexibility index (Phi) is 4.97. The van der Waals surface area contributed by atoms with Gasteiger partial charge in [0.1, 0.15) is 5.15 Å². The van der Waals surface area contributed by atoms with Crippen molar-refractivity contribution in [1.29, 1.82) is 0 Å². The Morgan fingerprint density at radius 1 is 1.00 bits per heavy atom. The van der Waals surface area contributed by atoms with Crippen molar-refractivity contribution < 1.29 is 8.76 Å². The van der Waals surface area contributed by atoms with Gasteiger partial charge in [-0.05, 0) is 17.2 Å². The fourth-order valence-electron chi connectivity index (χ4n) is 2.43. The number of nitrogens with zero attached hydrogens (tertiary/aromatic N) is 1. The van der Waals surface area contributed by atoms with Gasteiger partial charge in [-0.2, -0.15) is 0 Å². The first kappa shape index (κ1) is 16.4. The maximum atomic E-state index is 10.7. The fourth-order valence-corrected chi connectivity index (χ4v) is 3.51. The lowest BCUT2D eigenvalue weighted by molar-refractivity contribution is 0.536. The molecule has 1 heterocycles. The van der Waals surface area contributed by atoms with Crippen molar-refractivity contribution in [2.24, 2.45) is 0 Å². The number of fused-ring (bicyclic) bond motifs is 1. The van der Waals surface area contributed by atoms with E-state index in [0.717, 1.165) is 27.6 Å². The number of para-hydroxylation sites is 1. The van der Waals surface area contributed by atoms with E-state index in [-0.39, 0.29) is 5.75 Å². The van der Waals surface area contributed by atoms with Crippen molar-refractivity contribution in [3.05, 3.63) is 75.4 Å². The number of aromatic nitrogens is 1. The molecule has 6 heteroatoms. The SMILES string of the molecule is O=S([O-])Cc1ccc(Cc2c(Cl)nc3ccccc3c2Cl)cc1. The molecule has 0 spiro atoms. The maximum Gasteiger partial charge on any atom is 0.134 e. The second-order valence-electron chi connectivity index (χ2n) is 5.15. The van der Waals surface area contributed by atoms with Crippen molar-refractivity contribution in [3.63, 3.8) is 0 Å². The lowest BCUT2D eigenvalue weighted by atomic mass is 10.0. The van der Waals surface area contributed by atoms with Crippen molar-refractivity contribution in [2.45, 2.75) is 12.2 Å². The molecule has 1 aromatic heterocycles. The minimum Gasteiger partial charge on any atom is -0.772 e. The quantitative estimate of drug-likeness (QED) is 0.505. The van der Waals surface area contributed by atoms with E-state index in [9.17, 15) is 8.76 Å². The Morgan fingerprint density at radius 3 is 2.35 bits per heavy atom. The van der Waals surface area contributed by atoms with E-state index in [4.69, 9.17) is 23.2 Å². The highest BCUT2D eigenvalue weighted by Crippen LogP contribution is 2.32. The topological polar surface area (TPSA) is 53.0 Å². The van der Waals surface area contributed by atoms with E-state index in [2.05, 4.69) is 4.98 Å². The number of rotatable bonds is 4. The van der Waals surface area contributed by atoms with Gasteiger partial charge in [0.15, 0.2) is 0 Å². The van der Waals surface area contributed by atoms with Gasteiger partial charge in [0.25, 0.3) is 0 Å². The number of pyridine rings is 1. The first-order chi connectivity index (χ1) is 11.0. The Labute approximate surface area is 146 Å². The van der Waals surface area contributed by atoms with Gasteiger partial charge >= 0.3 is 0 Å². The van der Waals surface area contributed by atoms with Gasteiger partial charge in [-0.15, -0.1) is 0 Å². The molecule has 1 atom stereocenters. The zero-order valence-electron chi connectivity index (χ0n) is 12.0. The second kappa shape index (κ2) is 6.97. The van der Waals surface area contributed by atoms with Crippen LogP contribution in [0.25, 0.3) is 10.9 Å². The van der Waals surface area contributed by atoms with Crippen LogP contribution in [0.15, 0.2) is 48.5 Å². The molecule has 118 valence electrons. The van der Waals surface area contributed by atoms with Gasteiger partial charge in [0.05, 0.1) is 10.5 Å². The Hall–Kier alpha value is -1.46. The predicted octanol–water partition coefficient (Wildman–Crippen LogP) is 4.51. The third-order valence-electron chi connectivity index (χ3n) is 3.56. The first-order valence-electron chi connectivity index (χ1n) is 6.91. The molecule has 23 heavy (non-hydrogen) atoms. The zero-order valence-corrected chi connectivity index (χ0v) is 14.3. The van der Waals surface area contributed by atoms with Crippen LogP contribution in [0, 0.1) is 0 Å². The summed E-state index contributed by atoms with van der Waals surface area (Å²) in [5.41, 5.74) is 3.27. The van der Waals surface area contributed by atoms with Crippen molar-refractivity contribution >= 4 is 45.2 Å². The highest BCUT2D eigenvalue weighted by atomic mass is 35.5. The minimum atomic E-state index is -2.09. The highest BCUT2D eigenvalue weighted by molar-refractivity contribution is 7.78. The number of hydrogen-bond donors (Lipinski definition) is 0. The molecule has 3 rings (SSSR count). The summed E-state index contributed by atoms with van der Waals surface area (Å²) in [6.07, 6.45) is 0.538. The van der Waals surface area contributed by atoms with Crippen LogP contribution in [0.3, 0.4) is 0 Å². The number of benzene rings is 2. The first-order valence-corrected chi connectivity index (χ1v) is 8.91. The van der Waals surface area contributed by atoms with Crippen molar-refractivity contribution in [1.82, 2.24) is 4.98 Å². The van der Waals surface area contributed by atoms with Crippen LogP contribution in [0.2, 0.25) is 10.2 Å². The zero-order chi connectivity index (χ0) is 16.4. The number of halogens is 2. The monoisotopic (exact) mass is 364 g/mol. The van der Waals surface area contributed by atoms with E-state index in [0.29, 0.717) is 16.6 Å².